The molecule has 1 saturated heterocycles. The van der Waals surface area contributed by atoms with Crippen LogP contribution in [0.1, 0.15) is 44.7 Å². The SMILES string of the molecule is CCOC(=O)[C@@H]1[C@@H](c2ccc(OC)cc2OC)C2(C(=O)c3ccccc3C2=O)C2C=Cc3ccccc3N21. The molecule has 6 rings (SSSR count). The highest BCUT2D eigenvalue weighted by atomic mass is 16.5. The number of nitrogens with zero attached hydrogens (tertiary/aromatic N) is 1. The summed E-state index contributed by atoms with van der Waals surface area (Å²) in [6.07, 6.45) is 3.81. The summed E-state index contributed by atoms with van der Waals surface area (Å²) in [5.41, 5.74) is 1.36. The Morgan fingerprint density at radius 2 is 1.61 bits per heavy atom. The highest BCUT2D eigenvalue weighted by Crippen LogP contribution is 2.61. The first kappa shape index (κ1) is 24.0. The molecule has 0 amide bonds. The zero-order chi connectivity index (χ0) is 26.6. The van der Waals surface area contributed by atoms with Crippen molar-refractivity contribution in [3.63, 3.8) is 0 Å². The van der Waals surface area contributed by atoms with Gasteiger partial charge >= 0.3 is 5.97 Å². The molecule has 1 fully saturated rings. The number of rotatable bonds is 5. The summed E-state index contributed by atoms with van der Waals surface area (Å²) in [6, 6.07) is 18.1. The molecule has 3 aliphatic rings. The van der Waals surface area contributed by atoms with Crippen molar-refractivity contribution in [1.82, 2.24) is 0 Å². The van der Waals surface area contributed by atoms with Crippen molar-refractivity contribution in [1.29, 1.82) is 0 Å². The standard InChI is InChI=1S/C31H27NO6/c1-4-38-30(35)27-26(22-15-14-19(36-2)17-24(22)37-3)31(28(33)20-10-6-7-11-21(20)29(31)34)25-16-13-18-9-5-8-12-23(18)32(25)27/h5-17,25-27H,4H2,1-3H3/t25?,26-,27+/m1/s1. The van der Waals surface area contributed by atoms with E-state index in [4.69, 9.17) is 14.2 Å². The second kappa shape index (κ2) is 8.87. The number of fused-ring (bicyclic) bond motifs is 5. The van der Waals surface area contributed by atoms with E-state index >= 15 is 0 Å². The molecule has 3 aromatic rings. The molecule has 7 heteroatoms. The lowest BCUT2D eigenvalue weighted by Gasteiger charge is -2.36. The monoisotopic (exact) mass is 509 g/mol. The van der Waals surface area contributed by atoms with Gasteiger partial charge in [-0.3, -0.25) is 9.59 Å². The molecular weight excluding hydrogens is 482 g/mol. The molecule has 1 spiro atoms. The second-order valence-corrected chi connectivity index (χ2v) is 9.63. The molecule has 38 heavy (non-hydrogen) atoms. The maximum absolute atomic E-state index is 14.5. The van der Waals surface area contributed by atoms with Gasteiger partial charge in [0.1, 0.15) is 23.0 Å². The third kappa shape index (κ3) is 3.05. The van der Waals surface area contributed by atoms with E-state index in [1.165, 1.54) is 7.11 Å². The van der Waals surface area contributed by atoms with Gasteiger partial charge in [-0.25, -0.2) is 4.79 Å². The Morgan fingerprint density at radius 3 is 2.26 bits per heavy atom. The molecule has 192 valence electrons. The Morgan fingerprint density at radius 1 is 0.921 bits per heavy atom. The fourth-order valence-corrected chi connectivity index (χ4v) is 6.54. The summed E-state index contributed by atoms with van der Waals surface area (Å²) >= 11 is 0. The van der Waals surface area contributed by atoms with Crippen LogP contribution in [0, 0.1) is 5.41 Å². The lowest BCUT2D eigenvalue weighted by Crippen LogP contribution is -2.48. The summed E-state index contributed by atoms with van der Waals surface area (Å²) < 4.78 is 16.8. The maximum atomic E-state index is 14.5. The van der Waals surface area contributed by atoms with Gasteiger partial charge in [0.2, 0.25) is 0 Å². The predicted octanol–water partition coefficient (Wildman–Crippen LogP) is 4.70. The number of esters is 1. The molecule has 3 atom stereocenters. The number of benzene rings is 3. The van der Waals surface area contributed by atoms with Gasteiger partial charge in [-0.1, -0.05) is 60.7 Å². The van der Waals surface area contributed by atoms with Crippen molar-refractivity contribution in [2.45, 2.75) is 24.9 Å². The van der Waals surface area contributed by atoms with Crippen molar-refractivity contribution in [3.8, 4) is 11.5 Å². The molecule has 0 aromatic heterocycles. The number of carbonyl (C=O) groups excluding carboxylic acids is 3. The minimum absolute atomic E-state index is 0.160. The molecule has 1 aliphatic carbocycles. The highest BCUT2D eigenvalue weighted by Gasteiger charge is 2.72. The number of ketones is 2. The number of Topliss-reactive ketones (excluding diaryl/α,β-unsaturated/α-hetero) is 2. The average molecular weight is 510 g/mol. The summed E-state index contributed by atoms with van der Waals surface area (Å²) in [5, 5.41) is 0. The van der Waals surface area contributed by atoms with Gasteiger partial charge in [-0.15, -0.1) is 0 Å². The van der Waals surface area contributed by atoms with E-state index in [9.17, 15) is 14.4 Å². The highest BCUT2D eigenvalue weighted by molar-refractivity contribution is 6.32. The summed E-state index contributed by atoms with van der Waals surface area (Å²) in [6.45, 7) is 1.90. The Kier molecular flexibility index (Phi) is 5.60. The van der Waals surface area contributed by atoms with Crippen LogP contribution >= 0.6 is 0 Å². The number of methoxy groups -OCH3 is 2. The van der Waals surface area contributed by atoms with Crippen LogP contribution in [0.5, 0.6) is 11.5 Å². The molecule has 0 N–H and O–H groups in total. The van der Waals surface area contributed by atoms with Crippen molar-refractivity contribution >= 4 is 29.3 Å². The molecule has 0 bridgehead atoms. The van der Waals surface area contributed by atoms with Gasteiger partial charge in [-0.05, 0) is 24.6 Å². The van der Waals surface area contributed by atoms with Gasteiger partial charge in [-0.2, -0.15) is 0 Å². The first-order valence-corrected chi connectivity index (χ1v) is 12.6. The normalized spacial score (nSPS) is 22.2. The van der Waals surface area contributed by atoms with Crippen molar-refractivity contribution in [2.75, 3.05) is 25.7 Å². The van der Waals surface area contributed by atoms with Crippen LogP contribution in [0.3, 0.4) is 0 Å². The summed E-state index contributed by atoms with van der Waals surface area (Å²) in [7, 11) is 3.07. The van der Waals surface area contributed by atoms with E-state index in [-0.39, 0.29) is 18.2 Å². The van der Waals surface area contributed by atoms with Crippen LogP contribution in [-0.4, -0.2) is 50.4 Å². The molecule has 2 aliphatic heterocycles. The minimum Gasteiger partial charge on any atom is -0.497 e. The fourth-order valence-electron chi connectivity index (χ4n) is 6.54. The zero-order valence-electron chi connectivity index (χ0n) is 21.3. The molecular formula is C31H27NO6. The molecule has 0 radical (unpaired) electrons. The first-order valence-electron chi connectivity index (χ1n) is 12.6. The van der Waals surface area contributed by atoms with E-state index in [1.54, 1.807) is 56.5 Å². The summed E-state index contributed by atoms with van der Waals surface area (Å²) in [4.78, 5) is 44.8. The van der Waals surface area contributed by atoms with Crippen LogP contribution in [-0.2, 0) is 9.53 Å². The van der Waals surface area contributed by atoms with Crippen LogP contribution in [0.15, 0.2) is 72.8 Å². The van der Waals surface area contributed by atoms with Gasteiger partial charge < -0.3 is 19.1 Å². The molecule has 2 heterocycles. The maximum Gasteiger partial charge on any atom is 0.329 e. The first-order chi connectivity index (χ1) is 18.5. The number of para-hydroxylation sites is 1. The smallest absolute Gasteiger partial charge is 0.329 e. The van der Waals surface area contributed by atoms with Gasteiger partial charge in [0.25, 0.3) is 0 Å². The zero-order valence-corrected chi connectivity index (χ0v) is 21.3. The van der Waals surface area contributed by atoms with Crippen LogP contribution < -0.4 is 14.4 Å². The molecule has 1 unspecified atom stereocenters. The van der Waals surface area contributed by atoms with Gasteiger partial charge in [0, 0.05) is 34.4 Å². The Bertz CT molecular complexity index is 1470. The Labute approximate surface area is 220 Å². The van der Waals surface area contributed by atoms with E-state index < -0.39 is 29.4 Å². The fraction of sp³-hybridized carbons (Fsp3) is 0.258. The van der Waals surface area contributed by atoms with Crippen molar-refractivity contribution < 1.29 is 28.6 Å². The number of carbonyl (C=O) groups is 3. The van der Waals surface area contributed by atoms with Crippen LogP contribution in [0.2, 0.25) is 0 Å². The predicted molar refractivity (Wildman–Crippen MR) is 142 cm³/mol. The number of ether oxygens (including phenoxy) is 3. The van der Waals surface area contributed by atoms with Gasteiger partial charge in [0.15, 0.2) is 11.6 Å². The van der Waals surface area contributed by atoms with E-state index in [0.717, 1.165) is 11.3 Å². The quantitative estimate of drug-likeness (QED) is 0.364. The van der Waals surface area contributed by atoms with E-state index in [2.05, 4.69) is 0 Å². The minimum atomic E-state index is -1.60. The third-order valence-electron chi connectivity index (χ3n) is 8.02. The molecule has 7 nitrogen and oxygen atoms in total. The third-order valence-corrected chi connectivity index (χ3v) is 8.02. The van der Waals surface area contributed by atoms with E-state index in [1.807, 2.05) is 41.3 Å². The van der Waals surface area contributed by atoms with Crippen LogP contribution in [0.25, 0.3) is 6.08 Å². The lowest BCUT2D eigenvalue weighted by atomic mass is 9.64. The van der Waals surface area contributed by atoms with Gasteiger partial charge in [0.05, 0.1) is 26.9 Å². The van der Waals surface area contributed by atoms with E-state index in [0.29, 0.717) is 28.2 Å². The molecule has 0 saturated carbocycles. The summed E-state index contributed by atoms with van der Waals surface area (Å²) in [5.74, 6) is -1.01. The average Bonchev–Trinajstić information content (AvgIpc) is 3.39. The number of hydrogen-bond donors (Lipinski definition) is 0. The molecule has 3 aromatic carbocycles. The number of hydrogen-bond acceptors (Lipinski definition) is 7. The largest absolute Gasteiger partial charge is 0.497 e. The van der Waals surface area contributed by atoms with Crippen molar-refractivity contribution in [2.24, 2.45) is 5.41 Å². The topological polar surface area (TPSA) is 82.1 Å². The second-order valence-electron chi connectivity index (χ2n) is 9.63. The Hall–Kier alpha value is -4.39. The number of anilines is 1. The lowest BCUT2D eigenvalue weighted by molar-refractivity contribution is -0.145. The van der Waals surface area contributed by atoms with Crippen LogP contribution in [0.4, 0.5) is 5.69 Å². The van der Waals surface area contributed by atoms with Crippen molar-refractivity contribution in [3.05, 3.63) is 95.1 Å². The Balaban J connectivity index is 1.69.